The van der Waals surface area contributed by atoms with E-state index in [1.165, 1.54) is 0 Å². The van der Waals surface area contributed by atoms with Crippen molar-refractivity contribution in [1.29, 1.82) is 0 Å². The molecule has 1 aliphatic rings. The predicted octanol–water partition coefficient (Wildman–Crippen LogP) is -0.897. The van der Waals surface area contributed by atoms with Crippen molar-refractivity contribution in [1.82, 2.24) is 10.2 Å². The van der Waals surface area contributed by atoms with Crippen molar-refractivity contribution in [2.24, 2.45) is 0 Å². The van der Waals surface area contributed by atoms with E-state index in [1.807, 2.05) is 0 Å². The van der Waals surface area contributed by atoms with Crippen molar-refractivity contribution >= 4 is 24.8 Å². The molecular weight excluding hydrogens is 255 g/mol. The Balaban J connectivity index is 0. The molecule has 0 aliphatic carbocycles. The van der Waals surface area contributed by atoms with Gasteiger partial charge >= 0.3 is 0 Å². The number of hydrogen-bond donors (Lipinski definition) is 3. The van der Waals surface area contributed by atoms with E-state index in [1.54, 1.807) is 7.11 Å². The van der Waals surface area contributed by atoms with E-state index in [9.17, 15) is 5.11 Å². The van der Waals surface area contributed by atoms with E-state index in [-0.39, 0.29) is 37.5 Å². The first kappa shape index (κ1) is 18.7. The highest BCUT2D eigenvalue weighted by atomic mass is 35.5. The highest BCUT2D eigenvalue weighted by molar-refractivity contribution is 5.85. The zero-order chi connectivity index (χ0) is 10.4. The summed E-state index contributed by atoms with van der Waals surface area (Å²) in [7, 11) is 1.58. The zero-order valence-electron chi connectivity index (χ0n) is 9.46. The number of methoxy groups -OCH3 is 1. The fourth-order valence-electron chi connectivity index (χ4n) is 1.73. The molecule has 16 heavy (non-hydrogen) atoms. The van der Waals surface area contributed by atoms with Crippen LogP contribution in [-0.2, 0) is 4.74 Å². The van der Waals surface area contributed by atoms with E-state index in [2.05, 4.69) is 10.2 Å². The topological polar surface area (TPSA) is 65.0 Å². The number of piperazine rings is 1. The molecule has 0 amide bonds. The van der Waals surface area contributed by atoms with Gasteiger partial charge < -0.3 is 20.3 Å². The Kier molecular flexibility index (Phi) is 12.3. The van der Waals surface area contributed by atoms with E-state index in [0.29, 0.717) is 13.2 Å². The normalized spacial score (nSPS) is 23.1. The number of halogens is 2. The second-order valence-electron chi connectivity index (χ2n) is 3.70. The standard InChI is InChI=1S/C9H20N2O3.2ClH/c1-14-7-9(13)5-11-3-2-10-8(4-11)6-12;;/h8-10,12-13H,2-7H2,1H3;2*1H/t8-,9-;;/m0../s1. The molecule has 0 unspecified atom stereocenters. The Bertz CT molecular complexity index is 166. The van der Waals surface area contributed by atoms with Crippen LogP contribution in [0.3, 0.4) is 0 Å². The quantitative estimate of drug-likeness (QED) is 0.608. The number of aliphatic hydroxyl groups is 2. The van der Waals surface area contributed by atoms with Crippen molar-refractivity contribution in [3.05, 3.63) is 0 Å². The molecule has 0 bridgehead atoms. The van der Waals surface area contributed by atoms with E-state index >= 15 is 0 Å². The van der Waals surface area contributed by atoms with Gasteiger partial charge in [0.05, 0.1) is 19.3 Å². The van der Waals surface area contributed by atoms with Crippen LogP contribution in [0.5, 0.6) is 0 Å². The van der Waals surface area contributed by atoms with Gasteiger partial charge in [-0.05, 0) is 0 Å². The molecular formula is C9H22Cl2N2O3. The molecule has 0 aromatic rings. The van der Waals surface area contributed by atoms with Crippen LogP contribution < -0.4 is 5.32 Å². The number of nitrogens with one attached hydrogen (secondary N) is 1. The summed E-state index contributed by atoms with van der Waals surface area (Å²) >= 11 is 0. The van der Waals surface area contributed by atoms with Crippen LogP contribution in [-0.4, -0.2) is 73.8 Å². The summed E-state index contributed by atoms with van der Waals surface area (Å²) in [5.74, 6) is 0. The lowest BCUT2D eigenvalue weighted by Crippen LogP contribution is -2.54. The lowest BCUT2D eigenvalue weighted by molar-refractivity contribution is 0.0277. The minimum absolute atomic E-state index is 0. The third kappa shape index (κ3) is 6.85. The summed E-state index contributed by atoms with van der Waals surface area (Å²) in [5, 5.41) is 21.7. The number of ether oxygens (including phenoxy) is 1. The van der Waals surface area contributed by atoms with Gasteiger partial charge in [0, 0.05) is 39.3 Å². The zero-order valence-corrected chi connectivity index (χ0v) is 11.1. The monoisotopic (exact) mass is 276 g/mol. The maximum Gasteiger partial charge on any atom is 0.0900 e. The Labute approximate surface area is 109 Å². The molecule has 7 heteroatoms. The Morgan fingerprint density at radius 2 is 2.19 bits per heavy atom. The summed E-state index contributed by atoms with van der Waals surface area (Å²) in [6.45, 7) is 3.70. The van der Waals surface area contributed by atoms with Crippen LogP contribution in [0.2, 0.25) is 0 Å². The van der Waals surface area contributed by atoms with Crippen molar-refractivity contribution in [3.8, 4) is 0 Å². The number of hydrogen-bond acceptors (Lipinski definition) is 5. The molecule has 1 saturated heterocycles. The predicted molar refractivity (Wildman–Crippen MR) is 67.7 cm³/mol. The van der Waals surface area contributed by atoms with Gasteiger partial charge in [-0.25, -0.2) is 0 Å². The van der Waals surface area contributed by atoms with Gasteiger partial charge in [-0.15, -0.1) is 24.8 Å². The number of aliphatic hydroxyl groups excluding tert-OH is 2. The third-order valence-corrected chi connectivity index (χ3v) is 2.39. The second-order valence-corrected chi connectivity index (χ2v) is 3.70. The van der Waals surface area contributed by atoms with Crippen molar-refractivity contribution in [2.75, 3.05) is 46.5 Å². The molecule has 2 atom stereocenters. The Hall–Kier alpha value is 0.380. The maximum atomic E-state index is 9.51. The molecule has 0 spiro atoms. The summed E-state index contributed by atoms with van der Waals surface area (Å²) in [6, 6.07) is 0.137. The minimum atomic E-state index is -0.433. The van der Waals surface area contributed by atoms with Gasteiger partial charge in [-0.2, -0.15) is 0 Å². The molecule has 1 heterocycles. The SMILES string of the molecule is COC[C@@H](O)CN1CCN[C@H](CO)C1.Cl.Cl. The summed E-state index contributed by atoms with van der Waals surface area (Å²) < 4.78 is 4.86. The summed E-state index contributed by atoms with van der Waals surface area (Å²) in [6.07, 6.45) is -0.433. The van der Waals surface area contributed by atoms with E-state index in [4.69, 9.17) is 9.84 Å². The van der Waals surface area contributed by atoms with Crippen molar-refractivity contribution in [3.63, 3.8) is 0 Å². The number of β-amino-alcohol motifs (C(OH)–C–C–N with tert-alkyl or cyclic N) is 1. The third-order valence-electron chi connectivity index (χ3n) is 2.39. The van der Waals surface area contributed by atoms with Crippen molar-refractivity contribution in [2.45, 2.75) is 12.1 Å². The van der Waals surface area contributed by atoms with Gasteiger partial charge in [-0.1, -0.05) is 0 Å². The fraction of sp³-hybridized carbons (Fsp3) is 1.00. The molecule has 5 nitrogen and oxygen atoms in total. The van der Waals surface area contributed by atoms with E-state index < -0.39 is 6.10 Å². The molecule has 1 aliphatic heterocycles. The minimum Gasteiger partial charge on any atom is -0.395 e. The van der Waals surface area contributed by atoms with Gasteiger partial charge in [0.2, 0.25) is 0 Å². The molecule has 1 rings (SSSR count). The average Bonchev–Trinajstić information content (AvgIpc) is 2.18. The first-order valence-electron chi connectivity index (χ1n) is 5.00. The number of rotatable bonds is 5. The van der Waals surface area contributed by atoms with Crippen LogP contribution in [0.4, 0.5) is 0 Å². The molecule has 0 saturated carbocycles. The molecule has 100 valence electrons. The van der Waals surface area contributed by atoms with Gasteiger partial charge in [0.15, 0.2) is 0 Å². The van der Waals surface area contributed by atoms with Gasteiger partial charge in [-0.3, -0.25) is 4.90 Å². The first-order valence-corrected chi connectivity index (χ1v) is 5.00. The largest absolute Gasteiger partial charge is 0.395 e. The van der Waals surface area contributed by atoms with Crippen LogP contribution in [0.25, 0.3) is 0 Å². The van der Waals surface area contributed by atoms with Crippen molar-refractivity contribution < 1.29 is 14.9 Å². The highest BCUT2D eigenvalue weighted by Gasteiger charge is 2.20. The second kappa shape index (κ2) is 10.5. The van der Waals surface area contributed by atoms with Crippen LogP contribution in [0.1, 0.15) is 0 Å². The average molecular weight is 277 g/mol. The molecule has 1 fully saturated rings. The molecule has 3 N–H and O–H groups in total. The van der Waals surface area contributed by atoms with Crippen LogP contribution in [0.15, 0.2) is 0 Å². The van der Waals surface area contributed by atoms with Gasteiger partial charge in [0.25, 0.3) is 0 Å². The summed E-state index contributed by atoms with van der Waals surface area (Å²) in [5.41, 5.74) is 0. The lowest BCUT2D eigenvalue weighted by atomic mass is 10.2. The van der Waals surface area contributed by atoms with Gasteiger partial charge in [0.1, 0.15) is 0 Å². The lowest BCUT2D eigenvalue weighted by Gasteiger charge is -2.33. The summed E-state index contributed by atoms with van der Waals surface area (Å²) in [4.78, 5) is 2.14. The first-order chi connectivity index (χ1) is 6.76. The highest BCUT2D eigenvalue weighted by Crippen LogP contribution is 2.00. The molecule has 0 aromatic carbocycles. The Morgan fingerprint density at radius 3 is 2.75 bits per heavy atom. The maximum absolute atomic E-state index is 9.51. The van der Waals surface area contributed by atoms with Crippen LogP contribution in [0, 0.1) is 0 Å². The smallest absolute Gasteiger partial charge is 0.0900 e. The molecule has 0 aromatic heterocycles. The number of nitrogens with zero attached hydrogens (tertiary/aromatic N) is 1. The Morgan fingerprint density at radius 1 is 1.50 bits per heavy atom. The van der Waals surface area contributed by atoms with E-state index in [0.717, 1.165) is 19.6 Å². The molecule has 0 radical (unpaired) electrons. The fourth-order valence-corrected chi connectivity index (χ4v) is 1.73. The van der Waals surface area contributed by atoms with Crippen LogP contribution >= 0.6 is 24.8 Å².